The fourth-order valence-electron chi connectivity index (χ4n) is 4.23. The van der Waals surface area contributed by atoms with Crippen molar-refractivity contribution in [1.29, 1.82) is 0 Å². The van der Waals surface area contributed by atoms with Crippen molar-refractivity contribution in [3.8, 4) is 0 Å². The zero-order valence-corrected chi connectivity index (χ0v) is 24.0. The maximum absolute atomic E-state index is 5.45. The first-order valence-corrected chi connectivity index (χ1v) is 16.5. The predicted molar refractivity (Wildman–Crippen MR) is 154 cm³/mol. The average molecular weight is 531 g/mol. The number of rotatable bonds is 18. The van der Waals surface area contributed by atoms with Gasteiger partial charge in [-0.05, 0) is 73.2 Å². The van der Waals surface area contributed by atoms with Crippen LogP contribution in [0.4, 0.5) is 0 Å². The molecule has 0 bridgehead atoms. The molecule has 2 aromatic rings. The smallest absolute Gasteiger partial charge is 0.0903 e. The molecule has 0 saturated carbocycles. The van der Waals surface area contributed by atoms with Gasteiger partial charge in [-0.2, -0.15) is 0 Å². The van der Waals surface area contributed by atoms with Gasteiger partial charge in [0, 0.05) is 31.1 Å². The molecule has 0 aliphatic carbocycles. The summed E-state index contributed by atoms with van der Waals surface area (Å²) in [6.45, 7) is 6.45. The zero-order valence-electron chi connectivity index (χ0n) is 21.6. The summed E-state index contributed by atoms with van der Waals surface area (Å²) < 4.78 is 10.9. The average Bonchev–Trinajstić information content (AvgIpc) is 3.79. The molecule has 0 N–H and O–H groups in total. The van der Waals surface area contributed by atoms with Gasteiger partial charge in [0.2, 0.25) is 0 Å². The third-order valence-electron chi connectivity index (χ3n) is 6.55. The Hall–Kier alpha value is -0.590. The lowest BCUT2D eigenvalue weighted by Crippen LogP contribution is -1.95. The minimum atomic E-state index is 0.473. The monoisotopic (exact) mass is 530 g/mol. The van der Waals surface area contributed by atoms with Crippen LogP contribution in [0.1, 0.15) is 76.3 Å². The molecule has 2 heterocycles. The molecule has 0 radical (unpaired) electrons. The minimum absolute atomic E-state index is 0.473. The summed E-state index contributed by atoms with van der Waals surface area (Å²) in [5.74, 6) is 2.17. The summed E-state index contributed by atoms with van der Waals surface area (Å²) >= 11 is 5.89. The Morgan fingerprint density at radius 3 is 1.51 bits per heavy atom. The maximum atomic E-state index is 5.45. The van der Waals surface area contributed by atoms with Crippen molar-refractivity contribution in [2.75, 3.05) is 24.7 Å². The molecule has 0 spiro atoms. The second-order valence-corrected chi connectivity index (χ2v) is 13.1. The molecule has 4 rings (SSSR count). The van der Waals surface area contributed by atoms with Crippen molar-refractivity contribution in [2.24, 2.45) is 0 Å². The number of epoxide rings is 2. The molecular weight excluding hydrogens is 489 g/mol. The van der Waals surface area contributed by atoms with Crippen LogP contribution in [-0.4, -0.2) is 36.9 Å². The van der Waals surface area contributed by atoms with Gasteiger partial charge in [-0.25, -0.2) is 0 Å². The van der Waals surface area contributed by atoms with Crippen LogP contribution >= 0.6 is 35.3 Å². The Kier molecular flexibility index (Phi) is 11.7. The highest BCUT2D eigenvalue weighted by molar-refractivity contribution is 8.00. The Labute approximate surface area is 226 Å². The van der Waals surface area contributed by atoms with Crippen molar-refractivity contribution in [1.82, 2.24) is 0 Å². The number of hydrogen-bond acceptors (Lipinski definition) is 5. The molecule has 2 aliphatic rings. The molecular formula is C30H42O2S3. The van der Waals surface area contributed by atoms with E-state index in [2.05, 4.69) is 50.2 Å². The standard InChI is InChI=1S/C30H42O2S3/c1-3-5-7-9-11-23-17-27(13-15-29(23)33-21-25-19-31-25)35-28-14-16-30(34-22-26-20-32-26)24(18-28)12-10-8-6-4-2/h13-18,25-26H,3-12,19-22H2,1-2H3. The number of thioether (sulfide) groups is 2. The molecule has 2 aromatic carbocycles. The van der Waals surface area contributed by atoms with Gasteiger partial charge in [0.1, 0.15) is 0 Å². The van der Waals surface area contributed by atoms with Crippen molar-refractivity contribution in [2.45, 2.75) is 110 Å². The van der Waals surface area contributed by atoms with Crippen LogP contribution in [-0.2, 0) is 22.3 Å². The lowest BCUT2D eigenvalue weighted by Gasteiger charge is -2.14. The number of unbranched alkanes of at least 4 members (excludes halogenated alkanes) is 6. The second-order valence-electron chi connectivity index (χ2n) is 9.80. The predicted octanol–water partition coefficient (Wildman–Crippen LogP) is 9.07. The number of benzene rings is 2. The molecule has 0 amide bonds. The summed E-state index contributed by atoms with van der Waals surface area (Å²) in [5.41, 5.74) is 3.04. The van der Waals surface area contributed by atoms with E-state index < -0.39 is 0 Å². The molecule has 2 atom stereocenters. The molecule has 0 aromatic heterocycles. The maximum Gasteiger partial charge on any atom is 0.0903 e. The first kappa shape index (κ1) is 27.4. The van der Waals surface area contributed by atoms with E-state index in [1.54, 1.807) is 0 Å². The zero-order chi connectivity index (χ0) is 24.3. The van der Waals surface area contributed by atoms with Gasteiger partial charge in [-0.15, -0.1) is 23.5 Å². The van der Waals surface area contributed by atoms with Gasteiger partial charge in [0.25, 0.3) is 0 Å². The van der Waals surface area contributed by atoms with E-state index >= 15 is 0 Å². The first-order chi connectivity index (χ1) is 17.2. The van der Waals surface area contributed by atoms with Crippen molar-refractivity contribution >= 4 is 35.3 Å². The molecule has 35 heavy (non-hydrogen) atoms. The van der Waals surface area contributed by atoms with Crippen LogP contribution in [0.2, 0.25) is 0 Å². The van der Waals surface area contributed by atoms with Gasteiger partial charge < -0.3 is 9.47 Å². The Morgan fingerprint density at radius 1 is 0.657 bits per heavy atom. The molecule has 2 saturated heterocycles. The lowest BCUT2D eigenvalue weighted by molar-refractivity contribution is 0.426. The highest BCUT2D eigenvalue weighted by Gasteiger charge is 2.23. The molecule has 2 aliphatic heterocycles. The largest absolute Gasteiger partial charge is 0.372 e. The van der Waals surface area contributed by atoms with Crippen molar-refractivity contribution in [3.63, 3.8) is 0 Å². The van der Waals surface area contributed by atoms with Gasteiger partial charge in [-0.1, -0.05) is 64.1 Å². The molecule has 5 heteroatoms. The van der Waals surface area contributed by atoms with E-state index in [0.29, 0.717) is 12.2 Å². The van der Waals surface area contributed by atoms with Gasteiger partial charge in [-0.3, -0.25) is 0 Å². The molecule has 192 valence electrons. The van der Waals surface area contributed by atoms with E-state index in [4.69, 9.17) is 9.47 Å². The molecule has 2 fully saturated rings. The number of aryl methyl sites for hydroxylation is 2. The van der Waals surface area contributed by atoms with E-state index in [0.717, 1.165) is 24.7 Å². The quantitative estimate of drug-likeness (QED) is 0.109. The molecule has 2 unspecified atom stereocenters. The Bertz CT molecular complexity index is 835. The Morgan fingerprint density at radius 2 is 1.11 bits per heavy atom. The normalized spacial score (nSPS) is 18.7. The minimum Gasteiger partial charge on any atom is -0.372 e. The van der Waals surface area contributed by atoms with Gasteiger partial charge >= 0.3 is 0 Å². The first-order valence-electron chi connectivity index (χ1n) is 13.7. The van der Waals surface area contributed by atoms with E-state index in [-0.39, 0.29) is 0 Å². The third-order valence-corrected chi connectivity index (χ3v) is 10.0. The van der Waals surface area contributed by atoms with E-state index in [9.17, 15) is 0 Å². The number of ether oxygens (including phenoxy) is 2. The van der Waals surface area contributed by atoms with E-state index in [1.807, 2.05) is 35.3 Å². The fraction of sp³-hybridized carbons (Fsp3) is 0.600. The summed E-state index contributed by atoms with van der Waals surface area (Å²) in [4.78, 5) is 5.64. The third kappa shape index (κ3) is 10.0. The summed E-state index contributed by atoms with van der Waals surface area (Å²) in [6, 6.07) is 14.3. The highest BCUT2D eigenvalue weighted by atomic mass is 32.2. The Balaban J connectivity index is 1.43. The van der Waals surface area contributed by atoms with Crippen LogP contribution in [0.5, 0.6) is 0 Å². The summed E-state index contributed by atoms with van der Waals surface area (Å²) in [5, 5.41) is 0. The van der Waals surface area contributed by atoms with Crippen molar-refractivity contribution < 1.29 is 9.47 Å². The number of hydrogen-bond donors (Lipinski definition) is 0. The van der Waals surface area contributed by atoms with Crippen LogP contribution in [0.3, 0.4) is 0 Å². The van der Waals surface area contributed by atoms with Crippen LogP contribution in [0.25, 0.3) is 0 Å². The van der Waals surface area contributed by atoms with Crippen LogP contribution in [0.15, 0.2) is 56.0 Å². The van der Waals surface area contributed by atoms with Crippen LogP contribution < -0.4 is 0 Å². The highest BCUT2D eigenvalue weighted by Crippen LogP contribution is 2.37. The SMILES string of the molecule is CCCCCCc1cc(Sc2ccc(SCC3CO3)c(CCCCCC)c2)ccc1SCC1CO1. The second kappa shape index (κ2) is 15.0. The summed E-state index contributed by atoms with van der Waals surface area (Å²) in [7, 11) is 0. The van der Waals surface area contributed by atoms with Gasteiger partial charge in [0.15, 0.2) is 0 Å². The van der Waals surface area contributed by atoms with Gasteiger partial charge in [0.05, 0.1) is 25.4 Å². The fourth-order valence-corrected chi connectivity index (χ4v) is 7.31. The van der Waals surface area contributed by atoms with E-state index in [1.165, 1.54) is 94.9 Å². The molecule has 2 nitrogen and oxygen atoms in total. The van der Waals surface area contributed by atoms with Crippen molar-refractivity contribution in [3.05, 3.63) is 47.5 Å². The lowest BCUT2D eigenvalue weighted by atomic mass is 10.1. The van der Waals surface area contributed by atoms with Crippen LogP contribution in [0, 0.1) is 0 Å². The summed E-state index contributed by atoms with van der Waals surface area (Å²) in [6.07, 6.45) is 13.8. The topological polar surface area (TPSA) is 25.1 Å².